The molecule has 0 bridgehead atoms. The van der Waals surface area contributed by atoms with E-state index in [1.807, 2.05) is 20.8 Å². The third kappa shape index (κ3) is 3.37. The van der Waals surface area contributed by atoms with Crippen LogP contribution in [0.3, 0.4) is 0 Å². The number of carbonyl (C=O) groups excluding carboxylic acids is 1. The van der Waals surface area contributed by atoms with Gasteiger partial charge >= 0.3 is 12.0 Å². The van der Waals surface area contributed by atoms with Gasteiger partial charge in [-0.2, -0.15) is 0 Å². The number of β-amino-alcohol motifs (C(OH)–C–C–N with tert-alkyl or cyclic N) is 1. The largest absolute Gasteiger partial charge is 0.480 e. The Morgan fingerprint density at radius 3 is 2.21 bits per heavy atom. The Morgan fingerprint density at radius 1 is 1.26 bits per heavy atom. The third-order valence-electron chi connectivity index (χ3n) is 4.23. The van der Waals surface area contributed by atoms with Crippen molar-refractivity contribution < 1.29 is 19.8 Å². The van der Waals surface area contributed by atoms with Gasteiger partial charge in [0.1, 0.15) is 6.04 Å². The van der Waals surface area contributed by atoms with Crippen molar-refractivity contribution >= 4 is 12.0 Å². The molecule has 110 valence electrons. The van der Waals surface area contributed by atoms with Crippen LogP contribution in [0.4, 0.5) is 4.79 Å². The van der Waals surface area contributed by atoms with Crippen molar-refractivity contribution in [1.29, 1.82) is 0 Å². The summed E-state index contributed by atoms with van der Waals surface area (Å²) in [6.45, 7) is 6.08. The number of nitrogens with one attached hydrogen (secondary N) is 1. The number of aliphatic hydroxyl groups excluding tert-OH is 1. The van der Waals surface area contributed by atoms with Gasteiger partial charge in [0.05, 0.1) is 6.10 Å². The number of likely N-dealkylation sites (tertiary alicyclic amines) is 1. The zero-order valence-electron chi connectivity index (χ0n) is 11.8. The van der Waals surface area contributed by atoms with Crippen molar-refractivity contribution in [3.8, 4) is 0 Å². The lowest BCUT2D eigenvalue weighted by Gasteiger charge is -2.34. The average Bonchev–Trinajstić information content (AvgIpc) is 2.78. The molecule has 0 radical (unpaired) electrons. The summed E-state index contributed by atoms with van der Waals surface area (Å²) < 4.78 is 0. The molecule has 6 nitrogen and oxygen atoms in total. The van der Waals surface area contributed by atoms with E-state index in [9.17, 15) is 14.7 Å². The van der Waals surface area contributed by atoms with Crippen molar-refractivity contribution in [1.82, 2.24) is 10.2 Å². The number of nitrogens with zero attached hydrogens (tertiary/aromatic N) is 1. The second-order valence-electron chi connectivity index (χ2n) is 5.17. The summed E-state index contributed by atoms with van der Waals surface area (Å²) in [4.78, 5) is 24.6. The zero-order valence-corrected chi connectivity index (χ0v) is 11.8. The van der Waals surface area contributed by atoms with Gasteiger partial charge in [0, 0.05) is 18.5 Å². The number of aliphatic carboxylic acids is 1. The monoisotopic (exact) mass is 272 g/mol. The molecule has 0 aromatic rings. The topological polar surface area (TPSA) is 89.9 Å². The van der Waals surface area contributed by atoms with Gasteiger partial charge in [-0.1, -0.05) is 20.8 Å². The molecule has 1 fully saturated rings. The van der Waals surface area contributed by atoms with Gasteiger partial charge in [0.2, 0.25) is 0 Å². The molecule has 1 heterocycles. The van der Waals surface area contributed by atoms with Crippen molar-refractivity contribution in [2.45, 2.75) is 64.1 Å². The molecule has 2 atom stereocenters. The maximum absolute atomic E-state index is 12.2. The first kappa shape index (κ1) is 15.8. The molecule has 1 saturated heterocycles. The van der Waals surface area contributed by atoms with Crippen LogP contribution in [0.5, 0.6) is 0 Å². The number of hydrogen-bond acceptors (Lipinski definition) is 3. The molecule has 0 saturated carbocycles. The van der Waals surface area contributed by atoms with Crippen LogP contribution < -0.4 is 5.32 Å². The lowest BCUT2D eigenvalue weighted by atomic mass is 9.90. The quantitative estimate of drug-likeness (QED) is 0.701. The number of amides is 2. The summed E-state index contributed by atoms with van der Waals surface area (Å²) in [6.07, 6.45) is 1.71. The molecule has 19 heavy (non-hydrogen) atoms. The number of carboxylic acid groups (broad SMARTS) is 1. The van der Waals surface area contributed by atoms with E-state index in [1.165, 1.54) is 4.90 Å². The molecule has 6 heteroatoms. The lowest BCUT2D eigenvalue weighted by Crippen LogP contribution is -2.54. The Kier molecular flexibility index (Phi) is 5.17. The second-order valence-corrected chi connectivity index (χ2v) is 5.17. The number of hydrogen-bond donors (Lipinski definition) is 3. The zero-order chi connectivity index (χ0) is 14.6. The van der Waals surface area contributed by atoms with Crippen molar-refractivity contribution in [3.63, 3.8) is 0 Å². The van der Waals surface area contributed by atoms with Crippen LogP contribution in [0.15, 0.2) is 0 Å². The van der Waals surface area contributed by atoms with Gasteiger partial charge in [-0.25, -0.2) is 9.59 Å². The number of carboxylic acids is 1. The normalized spacial score (nSPS) is 23.5. The van der Waals surface area contributed by atoms with Crippen LogP contribution in [0.2, 0.25) is 0 Å². The van der Waals surface area contributed by atoms with Gasteiger partial charge in [0.25, 0.3) is 0 Å². The van der Waals surface area contributed by atoms with Crippen LogP contribution in [0.1, 0.15) is 46.5 Å². The second kappa shape index (κ2) is 6.23. The molecule has 0 aliphatic carbocycles. The number of rotatable bonds is 5. The first-order valence-corrected chi connectivity index (χ1v) is 6.88. The van der Waals surface area contributed by atoms with Crippen molar-refractivity contribution in [3.05, 3.63) is 0 Å². The molecule has 3 N–H and O–H groups in total. The van der Waals surface area contributed by atoms with Gasteiger partial charge in [-0.15, -0.1) is 0 Å². The van der Waals surface area contributed by atoms with E-state index in [-0.39, 0.29) is 18.5 Å². The SMILES string of the molecule is CCC(CC)(CC)NC(=O)N1CC(O)C[C@H]1C(=O)O. The van der Waals surface area contributed by atoms with Crippen LogP contribution in [0, 0.1) is 0 Å². The summed E-state index contributed by atoms with van der Waals surface area (Å²) in [5.41, 5.74) is -0.298. The first-order chi connectivity index (χ1) is 8.89. The highest BCUT2D eigenvalue weighted by Crippen LogP contribution is 2.23. The van der Waals surface area contributed by atoms with Crippen LogP contribution in [0.25, 0.3) is 0 Å². The molecule has 1 aliphatic rings. The lowest BCUT2D eigenvalue weighted by molar-refractivity contribution is -0.141. The van der Waals surface area contributed by atoms with E-state index in [2.05, 4.69) is 5.32 Å². The Bertz CT molecular complexity index is 333. The smallest absolute Gasteiger partial charge is 0.326 e. The van der Waals surface area contributed by atoms with Gasteiger partial charge < -0.3 is 20.4 Å². The summed E-state index contributed by atoms with van der Waals surface area (Å²) in [5, 5.41) is 21.6. The van der Waals surface area contributed by atoms with E-state index in [4.69, 9.17) is 5.11 Å². The average molecular weight is 272 g/mol. The molecule has 1 aliphatic heterocycles. The van der Waals surface area contributed by atoms with E-state index >= 15 is 0 Å². The highest BCUT2D eigenvalue weighted by atomic mass is 16.4. The minimum atomic E-state index is -1.07. The highest BCUT2D eigenvalue weighted by Gasteiger charge is 2.40. The van der Waals surface area contributed by atoms with Crippen molar-refractivity contribution in [2.24, 2.45) is 0 Å². The third-order valence-corrected chi connectivity index (χ3v) is 4.23. The van der Waals surface area contributed by atoms with E-state index in [0.29, 0.717) is 0 Å². The highest BCUT2D eigenvalue weighted by molar-refractivity contribution is 5.83. The fourth-order valence-corrected chi connectivity index (χ4v) is 2.59. The molecule has 2 amide bonds. The number of carbonyl (C=O) groups is 2. The Labute approximate surface area is 113 Å². The minimum Gasteiger partial charge on any atom is -0.480 e. The molecule has 0 aromatic heterocycles. The van der Waals surface area contributed by atoms with Crippen LogP contribution >= 0.6 is 0 Å². The Morgan fingerprint density at radius 2 is 1.79 bits per heavy atom. The standard InChI is InChI=1S/C13H24N2O4/c1-4-13(5-2,6-3)14-12(19)15-8-9(16)7-10(15)11(17)18/h9-10,16H,4-8H2,1-3H3,(H,14,19)(H,17,18)/t9?,10-/m0/s1. The fourth-order valence-electron chi connectivity index (χ4n) is 2.59. The molecule has 1 rings (SSSR count). The Balaban J connectivity index is 2.79. The van der Waals surface area contributed by atoms with Gasteiger partial charge in [-0.3, -0.25) is 0 Å². The van der Waals surface area contributed by atoms with Crippen LogP contribution in [-0.2, 0) is 4.79 Å². The maximum atomic E-state index is 12.2. The number of aliphatic hydroxyl groups is 1. The van der Waals surface area contributed by atoms with Gasteiger partial charge in [0.15, 0.2) is 0 Å². The molecular weight excluding hydrogens is 248 g/mol. The maximum Gasteiger partial charge on any atom is 0.326 e. The Hall–Kier alpha value is -1.30. The van der Waals surface area contributed by atoms with E-state index < -0.39 is 24.1 Å². The summed E-state index contributed by atoms with van der Waals surface area (Å²) in [5.74, 6) is -1.07. The molecule has 1 unspecified atom stereocenters. The minimum absolute atomic E-state index is 0.0794. The number of urea groups is 1. The summed E-state index contributed by atoms with van der Waals surface area (Å²) >= 11 is 0. The fraction of sp³-hybridized carbons (Fsp3) is 0.846. The molecular formula is C13H24N2O4. The summed E-state index contributed by atoms with van der Waals surface area (Å²) in [7, 11) is 0. The van der Waals surface area contributed by atoms with E-state index in [0.717, 1.165) is 19.3 Å². The van der Waals surface area contributed by atoms with Gasteiger partial charge in [-0.05, 0) is 19.3 Å². The first-order valence-electron chi connectivity index (χ1n) is 6.88. The summed E-state index contributed by atoms with van der Waals surface area (Å²) in [6, 6.07) is -1.33. The van der Waals surface area contributed by atoms with Crippen molar-refractivity contribution in [2.75, 3.05) is 6.54 Å². The van der Waals surface area contributed by atoms with E-state index in [1.54, 1.807) is 0 Å². The predicted octanol–water partition coefficient (Wildman–Crippen LogP) is 1.18. The predicted molar refractivity (Wildman–Crippen MR) is 70.9 cm³/mol. The molecule has 0 spiro atoms. The molecule has 0 aromatic carbocycles. The van der Waals surface area contributed by atoms with Crippen LogP contribution in [-0.4, -0.2) is 51.3 Å².